The number of anilines is 1. The van der Waals surface area contributed by atoms with Crippen molar-refractivity contribution >= 4 is 11.7 Å². The number of aliphatic hydroxyl groups excluding tert-OH is 1. The molecule has 1 amide bonds. The molecule has 0 aliphatic carbocycles. The van der Waals surface area contributed by atoms with Crippen molar-refractivity contribution in [2.24, 2.45) is 5.41 Å². The summed E-state index contributed by atoms with van der Waals surface area (Å²) in [6.45, 7) is 3.77. The zero-order chi connectivity index (χ0) is 13.6. The van der Waals surface area contributed by atoms with Crippen molar-refractivity contribution in [1.29, 1.82) is 0 Å². The number of aromatic nitrogens is 1. The molecular weight excluding hydrogens is 246 g/mol. The van der Waals surface area contributed by atoms with Crippen molar-refractivity contribution in [3.05, 3.63) is 23.9 Å². The van der Waals surface area contributed by atoms with Crippen LogP contribution in [0.5, 0.6) is 0 Å². The Morgan fingerprint density at radius 2 is 2.32 bits per heavy atom. The molecule has 2 aliphatic heterocycles. The Bertz CT molecular complexity index is 516. The molecule has 0 bridgehead atoms. The smallest absolute Gasteiger partial charge is 0.261 e. The van der Waals surface area contributed by atoms with Crippen LogP contribution in [-0.2, 0) is 4.74 Å². The maximum Gasteiger partial charge on any atom is 0.261 e. The summed E-state index contributed by atoms with van der Waals surface area (Å²) in [5.74, 6) is 0.341. The molecule has 1 atom stereocenters. The molecule has 3 rings (SSSR count). The number of fused-ring (bicyclic) bond motifs is 1. The Hall–Kier alpha value is -1.66. The minimum absolute atomic E-state index is 0.0722. The molecule has 0 aromatic carbocycles. The Morgan fingerprint density at radius 3 is 2.95 bits per heavy atom. The van der Waals surface area contributed by atoms with Gasteiger partial charge in [0.05, 0.1) is 18.8 Å². The molecule has 1 aromatic rings. The number of carbonyl (C=O) groups is 1. The minimum Gasteiger partial charge on any atom is -0.380 e. The molecule has 1 fully saturated rings. The largest absolute Gasteiger partial charge is 0.380 e. The molecule has 6 heteroatoms. The Balaban J connectivity index is 1.92. The van der Waals surface area contributed by atoms with Gasteiger partial charge in [-0.3, -0.25) is 9.69 Å². The normalized spacial score (nSPS) is 25.0. The van der Waals surface area contributed by atoms with Gasteiger partial charge in [0, 0.05) is 25.2 Å². The van der Waals surface area contributed by atoms with E-state index < -0.39 is 6.35 Å². The fraction of sp³-hybridized carbons (Fsp3) is 0.538. The number of hydrogen-bond donors (Lipinski definition) is 1. The number of pyridine rings is 1. The van der Waals surface area contributed by atoms with Crippen LogP contribution in [0.15, 0.2) is 18.3 Å². The van der Waals surface area contributed by atoms with Crippen LogP contribution in [-0.4, -0.2) is 54.1 Å². The van der Waals surface area contributed by atoms with E-state index in [-0.39, 0.29) is 11.3 Å². The van der Waals surface area contributed by atoms with Gasteiger partial charge in [-0.05, 0) is 12.1 Å². The van der Waals surface area contributed by atoms with Crippen molar-refractivity contribution < 1.29 is 14.6 Å². The molecule has 102 valence electrons. The van der Waals surface area contributed by atoms with Gasteiger partial charge in [-0.25, -0.2) is 4.98 Å². The van der Waals surface area contributed by atoms with Crippen molar-refractivity contribution in [2.45, 2.75) is 13.3 Å². The first-order chi connectivity index (χ1) is 9.02. The van der Waals surface area contributed by atoms with Crippen LogP contribution in [0.4, 0.5) is 5.82 Å². The fourth-order valence-electron chi connectivity index (χ4n) is 2.53. The third kappa shape index (κ3) is 1.87. The lowest BCUT2D eigenvalue weighted by molar-refractivity contribution is -0.126. The van der Waals surface area contributed by atoms with E-state index in [0.717, 1.165) is 0 Å². The summed E-state index contributed by atoms with van der Waals surface area (Å²) in [6.07, 6.45) is 0.638. The minimum atomic E-state index is -0.979. The molecular formula is C13H17N3O3. The van der Waals surface area contributed by atoms with Crippen molar-refractivity contribution in [3.63, 3.8) is 0 Å². The van der Waals surface area contributed by atoms with Crippen LogP contribution in [0.3, 0.4) is 0 Å². The van der Waals surface area contributed by atoms with Crippen molar-refractivity contribution in [1.82, 2.24) is 9.88 Å². The molecule has 2 aliphatic rings. The van der Waals surface area contributed by atoms with E-state index in [0.29, 0.717) is 31.1 Å². The highest BCUT2D eigenvalue weighted by atomic mass is 16.5. The Kier molecular flexibility index (Phi) is 2.72. The maximum absolute atomic E-state index is 12.4. The molecule has 0 radical (unpaired) electrons. The van der Waals surface area contributed by atoms with Crippen LogP contribution < -0.4 is 4.90 Å². The number of carbonyl (C=O) groups excluding carboxylic acids is 1. The van der Waals surface area contributed by atoms with Crippen LogP contribution in [0.1, 0.15) is 17.3 Å². The summed E-state index contributed by atoms with van der Waals surface area (Å²) < 4.78 is 5.20. The van der Waals surface area contributed by atoms with Crippen molar-refractivity contribution in [3.8, 4) is 0 Å². The first-order valence-electron chi connectivity index (χ1n) is 6.26. The summed E-state index contributed by atoms with van der Waals surface area (Å²) in [4.78, 5) is 19.7. The SMILES string of the molecule is CN1c2ncccc2C(=O)N(CC2(C)COC2)C1O. The standard InChI is InChI=1S/C13H17N3O3/c1-13(7-19-8-13)6-16-11(17)9-4-3-5-14-10(9)15(2)12(16)18/h3-5,12,18H,6-8H2,1-2H3. The fourth-order valence-corrected chi connectivity index (χ4v) is 2.53. The second-order valence-electron chi connectivity index (χ2n) is 5.57. The molecule has 0 saturated carbocycles. The monoisotopic (exact) mass is 263 g/mol. The summed E-state index contributed by atoms with van der Waals surface area (Å²) >= 11 is 0. The number of nitrogens with zero attached hydrogens (tertiary/aromatic N) is 3. The molecule has 0 spiro atoms. The van der Waals surface area contributed by atoms with Gasteiger partial charge in [0.2, 0.25) is 6.35 Å². The van der Waals surface area contributed by atoms with E-state index in [1.54, 1.807) is 30.3 Å². The average Bonchev–Trinajstić information content (AvgIpc) is 2.39. The first kappa shape index (κ1) is 12.4. The lowest BCUT2D eigenvalue weighted by atomic mass is 9.87. The predicted octanol–water partition coefficient (Wildman–Crippen LogP) is 0.286. The van der Waals surface area contributed by atoms with E-state index in [1.807, 2.05) is 0 Å². The predicted molar refractivity (Wildman–Crippen MR) is 68.6 cm³/mol. The highest BCUT2D eigenvalue weighted by molar-refractivity contribution is 6.00. The van der Waals surface area contributed by atoms with Crippen LogP contribution in [0.25, 0.3) is 0 Å². The van der Waals surface area contributed by atoms with Gasteiger partial charge >= 0.3 is 0 Å². The quantitative estimate of drug-likeness (QED) is 0.830. The Labute approximate surface area is 111 Å². The van der Waals surface area contributed by atoms with E-state index in [9.17, 15) is 9.90 Å². The highest BCUT2D eigenvalue weighted by Crippen LogP contribution is 2.32. The molecule has 1 aromatic heterocycles. The van der Waals surface area contributed by atoms with Gasteiger partial charge in [-0.15, -0.1) is 0 Å². The van der Waals surface area contributed by atoms with Gasteiger partial charge in [-0.2, -0.15) is 0 Å². The molecule has 1 unspecified atom stereocenters. The van der Waals surface area contributed by atoms with E-state index in [1.165, 1.54) is 4.90 Å². The summed E-state index contributed by atoms with van der Waals surface area (Å²) in [5, 5.41) is 10.3. The summed E-state index contributed by atoms with van der Waals surface area (Å²) in [6, 6.07) is 3.47. The lowest BCUT2D eigenvalue weighted by Crippen LogP contribution is -2.59. The van der Waals surface area contributed by atoms with Crippen molar-refractivity contribution in [2.75, 3.05) is 31.7 Å². The van der Waals surface area contributed by atoms with E-state index in [4.69, 9.17) is 4.74 Å². The van der Waals surface area contributed by atoms with Gasteiger partial charge < -0.3 is 14.7 Å². The molecule has 3 heterocycles. The third-order valence-electron chi connectivity index (χ3n) is 3.69. The number of ether oxygens (including phenoxy) is 1. The Morgan fingerprint density at radius 1 is 1.58 bits per heavy atom. The molecule has 19 heavy (non-hydrogen) atoms. The van der Waals surface area contributed by atoms with Gasteiger partial charge in [0.25, 0.3) is 5.91 Å². The molecule has 1 saturated heterocycles. The second kappa shape index (κ2) is 4.18. The van der Waals surface area contributed by atoms with Gasteiger partial charge in [0.1, 0.15) is 5.82 Å². The van der Waals surface area contributed by atoms with Crippen LogP contribution in [0.2, 0.25) is 0 Å². The number of hydrogen-bond acceptors (Lipinski definition) is 5. The summed E-state index contributed by atoms with van der Waals surface area (Å²) in [7, 11) is 1.73. The van der Waals surface area contributed by atoms with Gasteiger partial charge in [0.15, 0.2) is 0 Å². The lowest BCUT2D eigenvalue weighted by Gasteiger charge is -2.46. The molecule has 1 N–H and O–H groups in total. The van der Waals surface area contributed by atoms with Crippen LogP contribution >= 0.6 is 0 Å². The van der Waals surface area contributed by atoms with Crippen LogP contribution in [0, 0.1) is 5.41 Å². The average molecular weight is 263 g/mol. The first-order valence-corrected chi connectivity index (χ1v) is 6.26. The topological polar surface area (TPSA) is 65.9 Å². The second-order valence-corrected chi connectivity index (χ2v) is 5.57. The van der Waals surface area contributed by atoms with E-state index in [2.05, 4.69) is 11.9 Å². The van der Waals surface area contributed by atoms with E-state index >= 15 is 0 Å². The number of amides is 1. The number of aliphatic hydroxyl groups is 1. The zero-order valence-corrected chi connectivity index (χ0v) is 11.0. The number of rotatable bonds is 2. The summed E-state index contributed by atoms with van der Waals surface area (Å²) in [5.41, 5.74) is 0.455. The molecule has 6 nitrogen and oxygen atoms in total. The highest BCUT2D eigenvalue weighted by Gasteiger charge is 2.42. The van der Waals surface area contributed by atoms with Gasteiger partial charge in [-0.1, -0.05) is 6.92 Å². The maximum atomic E-state index is 12.4. The third-order valence-corrected chi connectivity index (χ3v) is 3.69. The zero-order valence-electron chi connectivity index (χ0n) is 11.0.